The van der Waals surface area contributed by atoms with Crippen LogP contribution in [-0.2, 0) is 29.8 Å². The van der Waals surface area contributed by atoms with Crippen molar-refractivity contribution in [1.82, 2.24) is 0 Å². The topological polar surface area (TPSA) is 123 Å². The maximum absolute atomic E-state index is 13.9. The quantitative estimate of drug-likeness (QED) is 0.369. The molecule has 0 spiro atoms. The van der Waals surface area contributed by atoms with E-state index in [1.165, 1.54) is 0 Å². The highest BCUT2D eigenvalue weighted by molar-refractivity contribution is 7.95. The molecule has 1 N–H and O–H groups in total. The Hall–Kier alpha value is -2.17. The minimum Gasteiger partial charge on any atom is -0.281 e. The smallest absolute Gasteiger partial charge is 0.281 e. The van der Waals surface area contributed by atoms with Crippen LogP contribution in [0.4, 0.5) is 26.3 Å². The summed E-state index contributed by atoms with van der Waals surface area (Å²) < 4.78 is 159. The Morgan fingerprint density at radius 2 is 1.27 bits per heavy atom. The molecule has 0 aliphatic rings. The maximum Gasteiger partial charge on any atom is 0.447 e. The van der Waals surface area contributed by atoms with Gasteiger partial charge in [-0.1, -0.05) is 6.07 Å². The van der Waals surface area contributed by atoms with E-state index in [0.29, 0.717) is 24.3 Å². The molecule has 0 heterocycles. The van der Waals surface area contributed by atoms with E-state index < -0.39 is 66.6 Å². The molecule has 0 amide bonds. The SMILES string of the molecule is O=S(=O)(c1cccc(S(=O)(=O)C(F)(F)C(F)(F)S(=O)(=O)O)c1)c1ccc(F)cc1F. The van der Waals surface area contributed by atoms with Crippen LogP contribution in [0.25, 0.3) is 0 Å². The largest absolute Gasteiger partial charge is 0.447 e. The van der Waals surface area contributed by atoms with E-state index in [9.17, 15) is 51.6 Å². The van der Waals surface area contributed by atoms with Crippen LogP contribution in [0.15, 0.2) is 57.2 Å². The zero-order valence-electron chi connectivity index (χ0n) is 13.9. The first-order valence-corrected chi connectivity index (χ1v) is 11.6. The number of sulfone groups is 2. The molecule has 30 heavy (non-hydrogen) atoms. The number of alkyl halides is 4. The van der Waals surface area contributed by atoms with E-state index in [0.717, 1.165) is 0 Å². The normalized spacial score (nSPS) is 14.0. The predicted molar refractivity (Wildman–Crippen MR) is 86.9 cm³/mol. The number of benzene rings is 2. The van der Waals surface area contributed by atoms with Gasteiger partial charge in [0.05, 0.1) is 9.79 Å². The second-order valence-corrected chi connectivity index (χ2v) is 10.9. The van der Waals surface area contributed by atoms with Gasteiger partial charge in [-0.05, 0) is 30.3 Å². The standard InChI is InChI=1S/C14H8F6O7S3/c15-8-4-5-12(11(16)6-8)28(21,22)9-2-1-3-10(7-9)29(23,24)13(17,18)14(19,20)30(25,26)27/h1-7H,(H,25,26,27). The van der Waals surface area contributed by atoms with Crippen LogP contribution >= 0.6 is 0 Å². The van der Waals surface area contributed by atoms with Crippen molar-refractivity contribution in [1.29, 1.82) is 0 Å². The summed E-state index contributed by atoms with van der Waals surface area (Å²) in [5.74, 6) is -2.79. The molecule has 0 bridgehead atoms. The molecule has 0 radical (unpaired) electrons. The lowest BCUT2D eigenvalue weighted by Crippen LogP contribution is -2.51. The summed E-state index contributed by atoms with van der Waals surface area (Å²) in [5.41, 5.74) is 0. The maximum atomic E-state index is 13.9. The van der Waals surface area contributed by atoms with Crippen LogP contribution in [0.3, 0.4) is 0 Å². The van der Waals surface area contributed by atoms with Gasteiger partial charge in [-0.3, -0.25) is 4.55 Å². The van der Waals surface area contributed by atoms with Gasteiger partial charge in [0.2, 0.25) is 9.84 Å². The van der Waals surface area contributed by atoms with Crippen LogP contribution in [0, 0.1) is 11.6 Å². The summed E-state index contributed by atoms with van der Waals surface area (Å²) in [6.45, 7) is 0. The Labute approximate surface area is 165 Å². The zero-order chi connectivity index (χ0) is 23.3. The van der Waals surface area contributed by atoms with E-state index in [1.54, 1.807) is 0 Å². The van der Waals surface area contributed by atoms with Crippen molar-refractivity contribution < 1.29 is 56.1 Å². The van der Waals surface area contributed by atoms with Crippen molar-refractivity contribution in [2.24, 2.45) is 0 Å². The van der Waals surface area contributed by atoms with Crippen LogP contribution in [0.2, 0.25) is 0 Å². The molecule has 2 aromatic carbocycles. The van der Waals surface area contributed by atoms with Gasteiger partial charge in [0, 0.05) is 6.07 Å². The predicted octanol–water partition coefficient (Wildman–Crippen LogP) is 2.64. The van der Waals surface area contributed by atoms with E-state index in [4.69, 9.17) is 4.55 Å². The molecule has 0 saturated carbocycles. The summed E-state index contributed by atoms with van der Waals surface area (Å²) >= 11 is 0. The summed E-state index contributed by atoms with van der Waals surface area (Å²) in [4.78, 5) is -4.13. The second-order valence-electron chi connectivity index (χ2n) is 5.57. The lowest BCUT2D eigenvalue weighted by Gasteiger charge is -2.23. The monoisotopic (exact) mass is 498 g/mol. The van der Waals surface area contributed by atoms with Crippen LogP contribution in [-0.4, -0.2) is 40.3 Å². The minimum atomic E-state index is -6.91. The fourth-order valence-electron chi connectivity index (χ4n) is 2.08. The van der Waals surface area contributed by atoms with Gasteiger partial charge in [-0.2, -0.15) is 26.0 Å². The third-order valence-corrected chi connectivity index (χ3v) is 8.23. The molecule has 0 aliphatic heterocycles. The first-order valence-electron chi connectivity index (χ1n) is 7.15. The molecule has 0 aromatic heterocycles. The molecule has 7 nitrogen and oxygen atoms in total. The molecule has 0 saturated heterocycles. The summed E-state index contributed by atoms with van der Waals surface area (Å²) in [6.07, 6.45) is 0. The fourth-order valence-corrected chi connectivity index (χ4v) is 5.61. The highest BCUT2D eigenvalue weighted by Crippen LogP contribution is 2.45. The highest BCUT2D eigenvalue weighted by atomic mass is 32.2. The van der Waals surface area contributed by atoms with E-state index in [-0.39, 0.29) is 18.2 Å². The van der Waals surface area contributed by atoms with Crippen LogP contribution < -0.4 is 0 Å². The number of rotatable bonds is 6. The molecule has 16 heteroatoms. The van der Waals surface area contributed by atoms with Gasteiger partial charge in [-0.25, -0.2) is 25.6 Å². The average molecular weight is 498 g/mol. The van der Waals surface area contributed by atoms with Crippen molar-refractivity contribution in [3.8, 4) is 0 Å². The Balaban J connectivity index is 2.69. The van der Waals surface area contributed by atoms with Gasteiger partial charge in [0.15, 0.2) is 0 Å². The molecule has 2 aromatic rings. The molecule has 0 fully saturated rings. The fraction of sp³-hybridized carbons (Fsp3) is 0.143. The summed E-state index contributed by atoms with van der Waals surface area (Å²) in [6, 6.07) is 2.43. The van der Waals surface area contributed by atoms with Crippen LogP contribution in [0.5, 0.6) is 0 Å². The van der Waals surface area contributed by atoms with Gasteiger partial charge in [-0.15, -0.1) is 0 Å². The summed E-state index contributed by atoms with van der Waals surface area (Å²) in [5, 5.41) is -12.9. The zero-order valence-corrected chi connectivity index (χ0v) is 16.4. The van der Waals surface area contributed by atoms with Crippen molar-refractivity contribution >= 4 is 29.8 Å². The summed E-state index contributed by atoms with van der Waals surface area (Å²) in [7, 11) is -18.5. The van der Waals surface area contributed by atoms with E-state index in [2.05, 4.69) is 0 Å². The van der Waals surface area contributed by atoms with Gasteiger partial charge >= 0.3 is 20.6 Å². The lowest BCUT2D eigenvalue weighted by atomic mass is 10.3. The van der Waals surface area contributed by atoms with Crippen molar-refractivity contribution in [2.75, 3.05) is 0 Å². The Bertz CT molecular complexity index is 1320. The van der Waals surface area contributed by atoms with E-state index >= 15 is 0 Å². The van der Waals surface area contributed by atoms with Gasteiger partial charge in [0.25, 0.3) is 9.84 Å². The number of halogens is 6. The van der Waals surface area contributed by atoms with Gasteiger partial charge in [0.1, 0.15) is 16.5 Å². The molecule has 0 unspecified atom stereocenters. The number of hydrogen-bond donors (Lipinski definition) is 1. The van der Waals surface area contributed by atoms with E-state index in [1.807, 2.05) is 0 Å². The third-order valence-electron chi connectivity index (χ3n) is 3.61. The Morgan fingerprint density at radius 1 is 0.733 bits per heavy atom. The lowest BCUT2D eigenvalue weighted by molar-refractivity contribution is -0.101. The number of hydrogen-bond acceptors (Lipinski definition) is 6. The first kappa shape index (κ1) is 24.1. The van der Waals surface area contributed by atoms with Gasteiger partial charge < -0.3 is 0 Å². The van der Waals surface area contributed by atoms with Crippen LogP contribution in [0.1, 0.15) is 0 Å². The minimum absolute atomic E-state index is 0.0541. The highest BCUT2D eigenvalue weighted by Gasteiger charge is 2.73. The first-order chi connectivity index (χ1) is 13.4. The second kappa shape index (κ2) is 7.21. The molecule has 0 aliphatic carbocycles. The molecule has 166 valence electrons. The molecule has 0 atom stereocenters. The van der Waals surface area contributed by atoms with Crippen molar-refractivity contribution in [3.05, 3.63) is 54.1 Å². The molecular weight excluding hydrogens is 490 g/mol. The third kappa shape index (κ3) is 3.67. The van der Waals surface area contributed by atoms with Crippen molar-refractivity contribution in [2.45, 2.75) is 25.2 Å². The Kier molecular flexibility index (Phi) is 5.79. The Morgan fingerprint density at radius 3 is 1.77 bits per heavy atom. The molecule has 2 rings (SSSR count). The molecular formula is C14H8F6O7S3. The average Bonchev–Trinajstić information content (AvgIpc) is 2.60. The van der Waals surface area contributed by atoms with Crippen molar-refractivity contribution in [3.63, 3.8) is 0 Å².